The zero-order valence-corrected chi connectivity index (χ0v) is 29.6. The number of carbonyl (C=O) groups excluding carboxylic acids is 1. The number of fused-ring (bicyclic) bond motifs is 5. The summed E-state index contributed by atoms with van der Waals surface area (Å²) in [5.74, 6) is -3.23. The third kappa shape index (κ3) is 6.91. The first-order chi connectivity index (χ1) is 24.6. The Kier molecular flexibility index (Phi) is 9.97. The third-order valence-electron chi connectivity index (χ3n) is 9.21. The molecule has 274 valence electrons. The molecule has 2 aliphatic heterocycles. The first kappa shape index (κ1) is 36.7. The van der Waals surface area contributed by atoms with Gasteiger partial charge in [-0.25, -0.2) is 36.3 Å². The van der Waals surface area contributed by atoms with Crippen molar-refractivity contribution in [2.24, 2.45) is 0 Å². The van der Waals surface area contributed by atoms with Gasteiger partial charge in [0, 0.05) is 37.8 Å². The summed E-state index contributed by atoms with van der Waals surface area (Å²) < 4.78 is 83.8. The van der Waals surface area contributed by atoms with E-state index in [-0.39, 0.29) is 53.9 Å². The Bertz CT molecular complexity index is 2180. The van der Waals surface area contributed by atoms with Crippen molar-refractivity contribution in [3.05, 3.63) is 69.7 Å². The summed E-state index contributed by atoms with van der Waals surface area (Å²) in [6.45, 7) is 6.81. The van der Waals surface area contributed by atoms with Crippen LogP contribution in [0.4, 0.5) is 27.8 Å². The predicted octanol–water partition coefficient (Wildman–Crippen LogP) is 5.33. The minimum absolute atomic E-state index is 0.0365. The molecule has 5 heterocycles. The van der Waals surface area contributed by atoms with Crippen LogP contribution in [0.5, 0.6) is 5.75 Å². The van der Waals surface area contributed by atoms with Crippen molar-refractivity contribution in [2.45, 2.75) is 64.5 Å². The van der Waals surface area contributed by atoms with Gasteiger partial charge in [-0.3, -0.25) is 14.7 Å². The maximum absolute atomic E-state index is 16.4. The van der Waals surface area contributed by atoms with Gasteiger partial charge >= 0.3 is 5.69 Å². The molecule has 1 aromatic carbocycles. The van der Waals surface area contributed by atoms with Crippen molar-refractivity contribution in [3.8, 4) is 34.5 Å². The number of nitrogens with zero attached hydrogens (tertiary/aromatic N) is 7. The molecule has 2 atom stereocenters. The number of rotatable bonds is 3. The molecule has 4 aromatic rings. The molecule has 0 radical (unpaired) electrons. The SMILES string of the molecule is CC(C)c1nccc2c1-n1c(=O)nc(N3C[C@@H](C)N(C(=O)C#CCN(C)C)C[C@@H]3C)c3cc(F)c(nc31)-c1c(ccc(F)c1F)OCC(F)(F)CC2. The van der Waals surface area contributed by atoms with E-state index in [0.29, 0.717) is 23.9 Å². The van der Waals surface area contributed by atoms with Gasteiger partial charge in [0.25, 0.3) is 11.8 Å². The van der Waals surface area contributed by atoms with E-state index in [1.54, 1.807) is 9.80 Å². The fourth-order valence-corrected chi connectivity index (χ4v) is 6.59. The minimum atomic E-state index is -3.46. The van der Waals surface area contributed by atoms with Gasteiger partial charge in [-0.1, -0.05) is 19.8 Å². The van der Waals surface area contributed by atoms with Gasteiger partial charge in [-0.05, 0) is 76.0 Å². The number of alkyl halides is 2. The first-order valence-electron chi connectivity index (χ1n) is 16.9. The molecule has 52 heavy (non-hydrogen) atoms. The summed E-state index contributed by atoms with van der Waals surface area (Å²) in [5.41, 5.74) is -1.81. The van der Waals surface area contributed by atoms with Crippen LogP contribution in [-0.4, -0.2) is 93.6 Å². The van der Waals surface area contributed by atoms with Gasteiger partial charge in [-0.15, -0.1) is 0 Å². The van der Waals surface area contributed by atoms with E-state index in [9.17, 15) is 14.0 Å². The number of halogens is 5. The lowest BCUT2D eigenvalue weighted by molar-refractivity contribution is -0.127. The van der Waals surface area contributed by atoms with E-state index in [0.717, 1.165) is 16.7 Å². The molecule has 1 fully saturated rings. The highest BCUT2D eigenvalue weighted by atomic mass is 19.3. The highest BCUT2D eigenvalue weighted by molar-refractivity contribution is 5.94. The maximum Gasteiger partial charge on any atom is 0.355 e. The molecule has 1 saturated heterocycles. The van der Waals surface area contributed by atoms with Crippen LogP contribution in [0.25, 0.3) is 28.0 Å². The lowest BCUT2D eigenvalue weighted by Crippen LogP contribution is -2.58. The molecule has 0 spiro atoms. The van der Waals surface area contributed by atoms with E-state index in [4.69, 9.17) is 4.74 Å². The molecule has 1 amide bonds. The van der Waals surface area contributed by atoms with Crippen LogP contribution < -0.4 is 15.3 Å². The second kappa shape index (κ2) is 14.1. The monoisotopic (exact) mass is 723 g/mol. The summed E-state index contributed by atoms with van der Waals surface area (Å²) in [6, 6.07) is 3.31. The Morgan fingerprint density at radius 3 is 2.54 bits per heavy atom. The number of ether oxygens (including phenoxy) is 1. The quantitative estimate of drug-likeness (QED) is 0.207. The Morgan fingerprint density at radius 1 is 1.08 bits per heavy atom. The van der Waals surface area contributed by atoms with Crippen molar-refractivity contribution >= 4 is 22.8 Å². The lowest BCUT2D eigenvalue weighted by Gasteiger charge is -2.44. The number of aromatic nitrogens is 4. The fraction of sp³-hybridized carbons (Fsp3) is 0.432. The van der Waals surface area contributed by atoms with Gasteiger partial charge in [0.2, 0.25) is 0 Å². The average Bonchev–Trinajstić information content (AvgIpc) is 3.08. The summed E-state index contributed by atoms with van der Waals surface area (Å²) in [4.78, 5) is 46.0. The average molecular weight is 724 g/mol. The number of piperazine rings is 1. The van der Waals surface area contributed by atoms with Crippen molar-refractivity contribution in [3.63, 3.8) is 0 Å². The zero-order chi connectivity index (χ0) is 37.6. The van der Waals surface area contributed by atoms with Crippen LogP contribution >= 0.6 is 0 Å². The molecule has 3 aromatic heterocycles. The zero-order valence-electron chi connectivity index (χ0n) is 29.6. The second-order valence-electron chi connectivity index (χ2n) is 13.8. The lowest BCUT2D eigenvalue weighted by atomic mass is 9.99. The fourth-order valence-electron chi connectivity index (χ4n) is 6.59. The predicted molar refractivity (Wildman–Crippen MR) is 185 cm³/mol. The van der Waals surface area contributed by atoms with E-state index < -0.39 is 71.2 Å². The van der Waals surface area contributed by atoms with E-state index in [2.05, 4.69) is 26.8 Å². The minimum Gasteiger partial charge on any atom is -0.486 e. The van der Waals surface area contributed by atoms with Crippen LogP contribution in [0.3, 0.4) is 0 Å². The van der Waals surface area contributed by atoms with Gasteiger partial charge < -0.3 is 14.5 Å². The van der Waals surface area contributed by atoms with E-state index >= 15 is 17.6 Å². The summed E-state index contributed by atoms with van der Waals surface area (Å²) in [5, 5.41) is 0.0365. The molecule has 15 heteroatoms. The van der Waals surface area contributed by atoms with E-state index in [1.807, 2.05) is 46.7 Å². The van der Waals surface area contributed by atoms with Crippen molar-refractivity contribution in [2.75, 3.05) is 45.2 Å². The van der Waals surface area contributed by atoms with Gasteiger partial charge in [0.1, 0.15) is 17.3 Å². The molecular formula is C37H38F5N7O3. The summed E-state index contributed by atoms with van der Waals surface area (Å²) >= 11 is 0. The van der Waals surface area contributed by atoms with Gasteiger partial charge in [0.15, 0.2) is 29.7 Å². The number of carbonyl (C=O) groups is 1. The Hall–Kier alpha value is -5.10. The molecule has 0 N–H and O–H groups in total. The number of hydrogen-bond donors (Lipinski definition) is 0. The molecule has 2 aliphatic rings. The van der Waals surface area contributed by atoms with Crippen LogP contribution in [-0.2, 0) is 11.2 Å². The number of pyridine rings is 2. The Morgan fingerprint density at radius 2 is 1.83 bits per heavy atom. The summed E-state index contributed by atoms with van der Waals surface area (Å²) in [7, 11) is 3.67. The second-order valence-corrected chi connectivity index (χ2v) is 13.8. The maximum atomic E-state index is 16.4. The third-order valence-corrected chi connectivity index (χ3v) is 9.21. The molecule has 0 unspecified atom stereocenters. The molecule has 0 saturated carbocycles. The number of anilines is 1. The molecule has 0 aliphatic carbocycles. The highest BCUT2D eigenvalue weighted by Gasteiger charge is 2.36. The number of amides is 1. The standard InChI is InChI=1S/C37H38F5N7O3/c1-20(2)31-33-23(12-14-43-31)11-13-37(41,42)19-52-27-10-9-25(38)30(40)29(27)32-26(39)16-24-34(45-36(51)49(33)35(24)44-32)48-18-21(3)47(17-22(48)4)28(50)8-7-15-46(5)6/h9-10,12,14,16,20-22H,11,13,15,17-19H2,1-6H3/t21-,22+/m1/s1. The van der Waals surface area contributed by atoms with Crippen LogP contribution in [0.15, 0.2) is 35.3 Å². The number of hydrogen-bond acceptors (Lipinski definition) is 8. The summed E-state index contributed by atoms with van der Waals surface area (Å²) in [6.07, 6.45) is 0.489. The number of aryl methyl sites for hydroxylation is 1. The van der Waals surface area contributed by atoms with Gasteiger partial charge in [0.05, 0.1) is 28.9 Å². The van der Waals surface area contributed by atoms with Crippen LogP contribution in [0.2, 0.25) is 0 Å². The molecule has 6 rings (SSSR count). The first-order valence-corrected chi connectivity index (χ1v) is 16.9. The van der Waals surface area contributed by atoms with Crippen LogP contribution in [0, 0.1) is 29.3 Å². The molecule has 2 bridgehead atoms. The van der Waals surface area contributed by atoms with Gasteiger partial charge in [-0.2, -0.15) is 4.98 Å². The van der Waals surface area contributed by atoms with Crippen molar-refractivity contribution in [1.82, 2.24) is 29.3 Å². The normalized spacial score (nSPS) is 18.6. The number of benzene rings is 1. The smallest absolute Gasteiger partial charge is 0.355 e. The topological polar surface area (TPSA) is 96.7 Å². The molecular weight excluding hydrogens is 685 g/mol. The molecule has 10 nitrogen and oxygen atoms in total. The van der Waals surface area contributed by atoms with E-state index in [1.165, 1.54) is 12.3 Å². The van der Waals surface area contributed by atoms with Crippen molar-refractivity contribution in [1.29, 1.82) is 0 Å². The highest BCUT2D eigenvalue weighted by Crippen LogP contribution is 2.40. The Labute approximate surface area is 297 Å². The van der Waals surface area contributed by atoms with Crippen molar-refractivity contribution < 1.29 is 31.5 Å². The Balaban J connectivity index is 1.62. The largest absolute Gasteiger partial charge is 0.486 e. The van der Waals surface area contributed by atoms with Crippen LogP contribution in [0.1, 0.15) is 51.3 Å².